The Morgan fingerprint density at radius 1 is 1.16 bits per heavy atom. The van der Waals surface area contributed by atoms with Crippen molar-refractivity contribution in [2.45, 2.75) is 25.7 Å². The van der Waals surface area contributed by atoms with Crippen LogP contribution in [0.4, 0.5) is 8.78 Å². The molecule has 0 aromatic carbocycles. The maximum absolute atomic E-state index is 13.4. The topological polar surface area (TPSA) is 92.6 Å². The number of amides is 1. The van der Waals surface area contributed by atoms with Gasteiger partial charge >= 0.3 is 0 Å². The van der Waals surface area contributed by atoms with Crippen LogP contribution in [0.3, 0.4) is 0 Å². The number of hydrogen-bond acceptors (Lipinski definition) is 5. The van der Waals surface area contributed by atoms with Gasteiger partial charge in [-0.15, -0.1) is 5.10 Å². The summed E-state index contributed by atoms with van der Waals surface area (Å²) in [5.74, 6) is -2.97. The molecule has 0 bridgehead atoms. The van der Waals surface area contributed by atoms with Gasteiger partial charge in [-0.1, -0.05) is 5.21 Å². The number of aromatic nitrogens is 6. The van der Waals surface area contributed by atoms with Gasteiger partial charge in [-0.05, 0) is 25.1 Å². The lowest BCUT2D eigenvalue weighted by Crippen LogP contribution is -2.42. The molecule has 0 saturated carbocycles. The zero-order valence-electron chi connectivity index (χ0n) is 16.7. The molecule has 1 saturated heterocycles. The fraction of sp³-hybridized carbons (Fsp3) is 0.286. The van der Waals surface area contributed by atoms with Crippen molar-refractivity contribution >= 4 is 16.9 Å². The third-order valence-electron chi connectivity index (χ3n) is 5.57. The van der Waals surface area contributed by atoms with E-state index >= 15 is 0 Å². The van der Waals surface area contributed by atoms with Crippen LogP contribution in [0, 0.1) is 6.92 Å². The Kier molecular flexibility index (Phi) is 4.49. The summed E-state index contributed by atoms with van der Waals surface area (Å²) in [6, 6.07) is 5.55. The molecular formula is C21H19F2N7O. The van der Waals surface area contributed by atoms with Crippen molar-refractivity contribution in [1.82, 2.24) is 34.8 Å². The number of fused-ring (bicyclic) bond motifs is 1. The van der Waals surface area contributed by atoms with Crippen LogP contribution in [0.25, 0.3) is 28.0 Å². The van der Waals surface area contributed by atoms with Gasteiger partial charge < -0.3 is 4.90 Å². The monoisotopic (exact) mass is 423 g/mol. The second kappa shape index (κ2) is 7.22. The Hall–Kier alpha value is -3.69. The van der Waals surface area contributed by atoms with E-state index < -0.39 is 5.92 Å². The van der Waals surface area contributed by atoms with Crippen LogP contribution in [0.1, 0.15) is 28.9 Å². The number of rotatable bonds is 3. The molecule has 158 valence electrons. The summed E-state index contributed by atoms with van der Waals surface area (Å²) >= 11 is 0. The van der Waals surface area contributed by atoms with Crippen molar-refractivity contribution in [2.24, 2.45) is 0 Å². The number of alkyl halides is 2. The molecule has 1 N–H and O–H groups in total. The smallest absolute Gasteiger partial charge is 0.255 e. The number of halogens is 2. The molecule has 0 spiro atoms. The van der Waals surface area contributed by atoms with E-state index in [1.807, 2.05) is 29.8 Å². The number of hydrogen-bond donors (Lipinski definition) is 1. The SMILES string of the molecule is Cc1nn[nH]c1-c1cncc(-n2ccc3cc(C(=O)N4CCC(F)(F)CC4)cnc32)c1. The molecule has 0 radical (unpaired) electrons. The van der Waals surface area contributed by atoms with E-state index in [2.05, 4.69) is 25.4 Å². The molecule has 8 nitrogen and oxygen atoms in total. The van der Waals surface area contributed by atoms with Gasteiger partial charge in [-0.2, -0.15) is 0 Å². The number of pyridine rings is 2. The van der Waals surface area contributed by atoms with Crippen molar-refractivity contribution in [3.63, 3.8) is 0 Å². The fourth-order valence-corrected chi connectivity index (χ4v) is 3.82. The Morgan fingerprint density at radius 2 is 1.97 bits per heavy atom. The van der Waals surface area contributed by atoms with E-state index in [-0.39, 0.29) is 31.8 Å². The second-order valence-electron chi connectivity index (χ2n) is 7.67. The van der Waals surface area contributed by atoms with E-state index in [1.165, 1.54) is 11.1 Å². The molecule has 4 aromatic heterocycles. The molecule has 1 fully saturated rings. The van der Waals surface area contributed by atoms with Crippen LogP contribution >= 0.6 is 0 Å². The fourth-order valence-electron chi connectivity index (χ4n) is 3.82. The lowest BCUT2D eigenvalue weighted by atomic mass is 10.1. The van der Waals surface area contributed by atoms with Crippen LogP contribution < -0.4 is 0 Å². The third-order valence-corrected chi connectivity index (χ3v) is 5.57. The predicted octanol–water partition coefficient (Wildman–Crippen LogP) is 3.39. The summed E-state index contributed by atoms with van der Waals surface area (Å²) in [7, 11) is 0. The van der Waals surface area contributed by atoms with E-state index in [4.69, 9.17) is 0 Å². The van der Waals surface area contributed by atoms with Crippen LogP contribution in [0.15, 0.2) is 43.0 Å². The van der Waals surface area contributed by atoms with Crippen molar-refractivity contribution in [3.05, 3.63) is 54.2 Å². The van der Waals surface area contributed by atoms with Gasteiger partial charge in [-0.25, -0.2) is 13.8 Å². The molecular weight excluding hydrogens is 404 g/mol. The molecule has 5 rings (SSSR count). The minimum Gasteiger partial charge on any atom is -0.338 e. The second-order valence-corrected chi connectivity index (χ2v) is 7.67. The minimum atomic E-state index is -2.69. The molecule has 1 aliphatic heterocycles. The number of carbonyl (C=O) groups is 1. The molecule has 1 amide bonds. The number of piperidine rings is 1. The Bertz CT molecular complexity index is 1270. The summed E-state index contributed by atoms with van der Waals surface area (Å²) in [5.41, 5.74) is 4.26. The van der Waals surface area contributed by atoms with Gasteiger partial charge in [0.2, 0.25) is 0 Å². The lowest BCUT2D eigenvalue weighted by molar-refractivity contribution is -0.0494. The van der Waals surface area contributed by atoms with Gasteiger partial charge in [0, 0.05) is 55.5 Å². The third kappa shape index (κ3) is 3.54. The first kappa shape index (κ1) is 19.3. The molecule has 31 heavy (non-hydrogen) atoms. The molecule has 0 unspecified atom stereocenters. The Labute approximate surface area is 175 Å². The van der Waals surface area contributed by atoms with Gasteiger partial charge in [0.25, 0.3) is 11.8 Å². The highest BCUT2D eigenvalue weighted by Gasteiger charge is 2.35. The summed E-state index contributed by atoms with van der Waals surface area (Å²) < 4.78 is 28.7. The summed E-state index contributed by atoms with van der Waals surface area (Å²) in [6.07, 6.45) is 6.18. The molecule has 1 aliphatic rings. The van der Waals surface area contributed by atoms with Crippen molar-refractivity contribution in [2.75, 3.05) is 13.1 Å². The number of likely N-dealkylation sites (tertiary alicyclic amines) is 1. The highest BCUT2D eigenvalue weighted by molar-refractivity contribution is 5.97. The summed E-state index contributed by atoms with van der Waals surface area (Å²) in [4.78, 5) is 23.0. The number of carbonyl (C=O) groups excluding carboxylic acids is 1. The van der Waals surface area contributed by atoms with Gasteiger partial charge in [-0.3, -0.25) is 19.4 Å². The zero-order valence-corrected chi connectivity index (χ0v) is 16.7. The van der Waals surface area contributed by atoms with Crippen molar-refractivity contribution in [3.8, 4) is 16.9 Å². The normalized spacial score (nSPS) is 16.0. The quantitative estimate of drug-likeness (QED) is 0.545. The van der Waals surface area contributed by atoms with E-state index in [9.17, 15) is 13.6 Å². The largest absolute Gasteiger partial charge is 0.338 e. The average Bonchev–Trinajstić information content (AvgIpc) is 3.39. The molecule has 5 heterocycles. The first-order valence-corrected chi connectivity index (χ1v) is 9.89. The zero-order chi connectivity index (χ0) is 21.6. The lowest BCUT2D eigenvalue weighted by Gasteiger charge is -2.31. The number of aryl methyl sites for hydroxylation is 1. The molecule has 10 heteroatoms. The van der Waals surface area contributed by atoms with Crippen molar-refractivity contribution < 1.29 is 13.6 Å². The number of H-pyrrole nitrogens is 1. The van der Waals surface area contributed by atoms with Crippen LogP contribution in [0.5, 0.6) is 0 Å². The van der Waals surface area contributed by atoms with Gasteiger partial charge in [0.1, 0.15) is 5.65 Å². The molecule has 4 aromatic rings. The highest BCUT2D eigenvalue weighted by atomic mass is 19.3. The molecule has 0 atom stereocenters. The van der Waals surface area contributed by atoms with E-state index in [0.29, 0.717) is 11.2 Å². The predicted molar refractivity (Wildman–Crippen MR) is 109 cm³/mol. The Morgan fingerprint density at radius 3 is 2.71 bits per heavy atom. The maximum Gasteiger partial charge on any atom is 0.255 e. The average molecular weight is 423 g/mol. The van der Waals surface area contributed by atoms with E-state index in [1.54, 1.807) is 18.5 Å². The highest BCUT2D eigenvalue weighted by Crippen LogP contribution is 2.29. The first-order chi connectivity index (χ1) is 14.9. The summed E-state index contributed by atoms with van der Waals surface area (Å²) in [6.45, 7) is 1.95. The minimum absolute atomic E-state index is 0.0468. The van der Waals surface area contributed by atoms with Crippen LogP contribution in [-0.4, -0.2) is 59.8 Å². The standard InChI is InChI=1S/C21H19F2N7O/c1-13-18(27-28-26-13)15-9-17(12-24-10-15)30-5-2-14-8-16(11-25-19(14)30)20(31)29-6-3-21(22,23)4-7-29/h2,5,8-12H,3-4,6-7H2,1H3,(H,26,27,28). The number of aromatic amines is 1. The first-order valence-electron chi connectivity index (χ1n) is 9.89. The maximum atomic E-state index is 13.4. The van der Waals surface area contributed by atoms with Crippen LogP contribution in [-0.2, 0) is 0 Å². The molecule has 0 aliphatic carbocycles. The summed E-state index contributed by atoms with van der Waals surface area (Å²) in [5, 5.41) is 11.4. The van der Waals surface area contributed by atoms with E-state index in [0.717, 1.165) is 28.0 Å². The van der Waals surface area contributed by atoms with Crippen LogP contribution in [0.2, 0.25) is 0 Å². The van der Waals surface area contributed by atoms with Gasteiger partial charge in [0.05, 0.1) is 28.8 Å². The Balaban J connectivity index is 1.44. The van der Waals surface area contributed by atoms with Crippen molar-refractivity contribution in [1.29, 1.82) is 0 Å². The van der Waals surface area contributed by atoms with Gasteiger partial charge in [0.15, 0.2) is 0 Å². The number of nitrogens with one attached hydrogen (secondary N) is 1. The number of nitrogens with zero attached hydrogens (tertiary/aromatic N) is 6.